The van der Waals surface area contributed by atoms with Crippen LogP contribution in [0.2, 0.25) is 0 Å². The molecule has 0 fully saturated rings. The van der Waals surface area contributed by atoms with Crippen molar-refractivity contribution in [3.8, 4) is 70.0 Å². The highest BCUT2D eigenvalue weighted by atomic mass is 32.2. The van der Waals surface area contributed by atoms with Crippen molar-refractivity contribution in [2.24, 2.45) is 0 Å². The highest BCUT2D eigenvalue weighted by Crippen LogP contribution is 2.33. The lowest BCUT2D eigenvalue weighted by Gasteiger charge is -2.17. The zero-order valence-corrected chi connectivity index (χ0v) is 49.0. The first-order valence-electron chi connectivity index (χ1n) is 25.6. The van der Waals surface area contributed by atoms with Crippen LogP contribution in [0, 0.1) is 35.5 Å². The van der Waals surface area contributed by atoms with Crippen molar-refractivity contribution >= 4 is 48.0 Å². The third-order valence-electron chi connectivity index (χ3n) is 12.1. The number of sulfonamides is 3. The summed E-state index contributed by atoms with van der Waals surface area (Å²) < 4.78 is 112. The fraction of sp³-hybridized carbons (Fsp3) is 0.190. The van der Waals surface area contributed by atoms with Crippen LogP contribution in [0.4, 0.5) is 0 Å². The van der Waals surface area contributed by atoms with Gasteiger partial charge in [-0.3, -0.25) is 0 Å². The van der Waals surface area contributed by atoms with Gasteiger partial charge in [0.2, 0.25) is 30.1 Å². The summed E-state index contributed by atoms with van der Waals surface area (Å²) in [6, 6.07) is 44.3. The molecule has 7 aromatic rings. The van der Waals surface area contributed by atoms with E-state index in [0.29, 0.717) is 33.4 Å². The Hall–Kier alpha value is -9.24. The Morgan fingerprint density at radius 3 is 0.821 bits per heavy atom. The summed E-state index contributed by atoms with van der Waals surface area (Å²) in [6.07, 6.45) is 3.12. The molecule has 0 aliphatic rings. The third kappa shape index (κ3) is 18.9. The van der Waals surface area contributed by atoms with Crippen molar-refractivity contribution in [2.45, 2.75) is 0 Å². The number of benzene rings is 7. The van der Waals surface area contributed by atoms with Crippen LogP contribution in [-0.2, 0) is 30.1 Å². The number of esters is 3. The van der Waals surface area contributed by atoms with Crippen molar-refractivity contribution in [1.82, 2.24) is 12.9 Å². The molecule has 0 N–H and O–H groups in total. The number of hydrogen-bond donors (Lipinski definition) is 0. The zero-order chi connectivity index (χ0) is 60.4. The van der Waals surface area contributed by atoms with E-state index in [2.05, 4.69) is 35.5 Å². The second-order valence-electron chi connectivity index (χ2n) is 18.6. The van der Waals surface area contributed by atoms with Crippen molar-refractivity contribution in [1.29, 1.82) is 0 Å². The molecule has 7 aromatic carbocycles. The van der Waals surface area contributed by atoms with E-state index in [4.69, 9.17) is 28.4 Å². The van der Waals surface area contributed by atoms with Gasteiger partial charge < -0.3 is 28.4 Å². The smallest absolute Gasteiger partial charge is 0.347 e. The van der Waals surface area contributed by atoms with Gasteiger partial charge >= 0.3 is 17.9 Å². The molecular weight excluding hydrogens is 1130 g/mol. The Labute approximate surface area is 489 Å². The van der Waals surface area contributed by atoms with Gasteiger partial charge in [-0.2, -0.15) is 0 Å². The minimum absolute atomic E-state index is 0.00240. The van der Waals surface area contributed by atoms with Gasteiger partial charge in [0.15, 0.2) is 0 Å². The van der Waals surface area contributed by atoms with Crippen LogP contribution in [-0.4, -0.2) is 135 Å². The number of ether oxygens (including phenoxy) is 6. The zero-order valence-electron chi connectivity index (χ0n) is 46.5. The summed E-state index contributed by atoms with van der Waals surface area (Å²) in [5.74, 6) is 14.1. The summed E-state index contributed by atoms with van der Waals surface area (Å²) in [5.41, 5.74) is 2.74. The minimum atomic E-state index is -3.58. The van der Waals surface area contributed by atoms with E-state index in [1.54, 1.807) is 54.6 Å². The van der Waals surface area contributed by atoms with Gasteiger partial charge in [0.1, 0.15) is 71.0 Å². The molecule has 0 amide bonds. The molecule has 18 nitrogen and oxygen atoms in total. The van der Waals surface area contributed by atoms with E-state index in [1.165, 1.54) is 75.7 Å². The van der Waals surface area contributed by atoms with E-state index >= 15 is 0 Å². The maximum absolute atomic E-state index is 14.5. The average molecular weight is 1190 g/mol. The summed E-state index contributed by atoms with van der Waals surface area (Å²) >= 11 is 0. The van der Waals surface area contributed by atoms with Crippen LogP contribution >= 0.6 is 0 Å². The molecule has 0 saturated heterocycles. The second-order valence-corrected chi connectivity index (χ2v) is 24.9. The Kier molecular flexibility index (Phi) is 21.3. The highest BCUT2D eigenvalue weighted by molar-refractivity contribution is 7.88. The monoisotopic (exact) mass is 1190 g/mol. The first-order valence-corrected chi connectivity index (χ1v) is 31.1. The van der Waals surface area contributed by atoms with Gasteiger partial charge in [-0.15, -0.1) is 0 Å². The minimum Gasteiger partial charge on any atom is -0.491 e. The number of likely N-dealkylation sites (N-methyl/N-ethyl adjacent to an activating group) is 3. The molecule has 432 valence electrons. The van der Waals surface area contributed by atoms with E-state index < -0.39 is 48.0 Å². The summed E-state index contributed by atoms with van der Waals surface area (Å²) in [4.78, 5) is 43.6. The lowest BCUT2D eigenvalue weighted by Crippen LogP contribution is -2.30. The van der Waals surface area contributed by atoms with E-state index in [-0.39, 0.29) is 90.6 Å². The van der Waals surface area contributed by atoms with E-state index in [9.17, 15) is 39.6 Å². The highest BCUT2D eigenvalue weighted by Gasteiger charge is 2.24. The van der Waals surface area contributed by atoms with Crippen molar-refractivity contribution < 1.29 is 68.1 Å². The normalized spacial score (nSPS) is 11.2. The lowest BCUT2D eigenvalue weighted by molar-refractivity contribution is 0.0726. The molecule has 0 aliphatic carbocycles. The molecule has 21 heteroatoms. The van der Waals surface area contributed by atoms with E-state index in [1.807, 2.05) is 54.6 Å². The van der Waals surface area contributed by atoms with Crippen LogP contribution in [0.15, 0.2) is 164 Å². The predicted octanol–water partition coefficient (Wildman–Crippen LogP) is 7.35. The molecule has 0 bridgehead atoms. The Bertz CT molecular complexity index is 3660. The molecule has 0 spiro atoms. The predicted molar refractivity (Wildman–Crippen MR) is 317 cm³/mol. The van der Waals surface area contributed by atoms with Crippen LogP contribution in [0.5, 0.6) is 34.5 Å². The molecular formula is C63H57N3O15S3. The molecule has 0 unspecified atom stereocenters. The SMILES string of the molecule is CN(CCOc1ccc(C#Cc2ccccc2)cc1C(=O)Oc1cc(OC(=O)c2cc(C#Cc3ccccc3)ccc2OCCN(C)S(C)(=O)=O)cc(OC(=O)c2cc(C#Cc3ccccc3)ccc2OCCN(C)S(C)(=O)=O)c1)S(C)(=O)=O. The summed E-state index contributed by atoms with van der Waals surface area (Å²) in [6.45, 7) is -0.769. The first-order chi connectivity index (χ1) is 40.0. The standard InChI is InChI=1S/C63H57N3O15S3/c1-64(82(4,70)71)34-37-76-58-31-28-49(25-22-46-16-10-7-11-17-46)40-55(58)61(67)79-52-43-53(80-62(68)56-41-50(26-23-47-18-12-8-13-19-47)29-32-59(56)77-38-35-65(2)83(5,72)73)45-54(44-52)81-63(69)57-42-51(27-24-48-20-14-9-15-21-48)30-33-60(57)78-39-36-66(3)84(6,74)75/h7-21,28-33,40-45H,34-39H2,1-6H3. The fourth-order valence-corrected chi connectivity index (χ4v) is 8.45. The van der Waals surface area contributed by atoms with Crippen LogP contribution in [0.3, 0.4) is 0 Å². The van der Waals surface area contributed by atoms with Gasteiger partial charge in [0, 0.05) is 92.4 Å². The van der Waals surface area contributed by atoms with Crippen molar-refractivity contribution in [2.75, 3.05) is 79.4 Å². The molecule has 0 aliphatic heterocycles. The second kappa shape index (κ2) is 28.6. The van der Waals surface area contributed by atoms with Crippen molar-refractivity contribution in [3.63, 3.8) is 0 Å². The maximum Gasteiger partial charge on any atom is 0.347 e. The van der Waals surface area contributed by atoms with Gasteiger partial charge in [-0.25, -0.2) is 52.6 Å². The van der Waals surface area contributed by atoms with Crippen LogP contribution in [0.25, 0.3) is 0 Å². The maximum atomic E-state index is 14.5. The topological polar surface area (TPSA) is 219 Å². The number of rotatable bonds is 21. The lowest BCUT2D eigenvalue weighted by atomic mass is 10.1. The van der Waals surface area contributed by atoms with Crippen LogP contribution < -0.4 is 28.4 Å². The Balaban J connectivity index is 1.29. The molecule has 7 rings (SSSR count). The summed E-state index contributed by atoms with van der Waals surface area (Å²) in [7, 11) is -6.64. The van der Waals surface area contributed by atoms with Gasteiger partial charge in [0.25, 0.3) is 0 Å². The number of hydrogen-bond acceptors (Lipinski definition) is 15. The van der Waals surface area contributed by atoms with Gasteiger partial charge in [-0.05, 0) is 91.0 Å². The van der Waals surface area contributed by atoms with Crippen LogP contribution in [0.1, 0.15) is 64.5 Å². The molecule has 0 radical (unpaired) electrons. The Morgan fingerprint density at radius 2 is 0.583 bits per heavy atom. The molecule has 0 aromatic heterocycles. The third-order valence-corrected chi connectivity index (χ3v) is 16.1. The largest absolute Gasteiger partial charge is 0.491 e. The van der Waals surface area contributed by atoms with Gasteiger partial charge in [-0.1, -0.05) is 90.1 Å². The number of nitrogens with zero attached hydrogens (tertiary/aromatic N) is 3. The number of carbonyl (C=O) groups excluding carboxylic acids is 3. The molecule has 0 heterocycles. The first kappa shape index (κ1) is 62.4. The average Bonchev–Trinajstić information content (AvgIpc) is 3.66. The summed E-state index contributed by atoms with van der Waals surface area (Å²) in [5, 5.41) is 0. The Morgan fingerprint density at radius 1 is 0.345 bits per heavy atom. The molecule has 0 atom stereocenters. The fourth-order valence-electron chi connectivity index (χ4n) is 7.24. The quantitative estimate of drug-likeness (QED) is 0.0390. The van der Waals surface area contributed by atoms with Crippen molar-refractivity contribution in [3.05, 3.63) is 214 Å². The van der Waals surface area contributed by atoms with Gasteiger partial charge in [0.05, 0.1) is 18.8 Å². The molecule has 84 heavy (non-hydrogen) atoms. The molecule has 0 saturated carbocycles. The number of carbonyl (C=O) groups is 3. The van der Waals surface area contributed by atoms with E-state index in [0.717, 1.165) is 31.7 Å².